The zero-order valence-corrected chi connectivity index (χ0v) is 14.6. The highest BCUT2D eigenvalue weighted by Crippen LogP contribution is 2.47. The molecule has 0 unspecified atom stereocenters. The van der Waals surface area contributed by atoms with Crippen molar-refractivity contribution in [2.45, 2.75) is 45.1 Å². The molecule has 4 rings (SSSR count). The Morgan fingerprint density at radius 1 is 1.38 bits per heavy atom. The van der Waals surface area contributed by atoms with Crippen molar-refractivity contribution in [2.75, 3.05) is 26.7 Å². The molecule has 0 aromatic carbocycles. The van der Waals surface area contributed by atoms with E-state index in [0.717, 1.165) is 43.0 Å². The molecule has 1 spiro atoms. The number of hydrogen-bond acceptors (Lipinski definition) is 3. The van der Waals surface area contributed by atoms with E-state index in [1.54, 1.807) is 0 Å². The van der Waals surface area contributed by atoms with Crippen LogP contribution in [0.15, 0.2) is 23.3 Å². The maximum Gasteiger partial charge on any atom is 0.213 e. The molecule has 1 N–H and O–H groups in total. The standard InChI is InChI=1S/C19H28N4O/c1-20-18(23-10-9-19(14-23)7-2-8-19)22-12-16-5-6-17(21-11-16)24-13-15-3-4-15/h5-6,11,15H,2-4,7-10,12-14H2,1H3,(H,20,22). The van der Waals surface area contributed by atoms with Crippen LogP contribution in [0.3, 0.4) is 0 Å². The lowest BCUT2D eigenvalue weighted by molar-refractivity contribution is 0.151. The highest BCUT2D eigenvalue weighted by molar-refractivity contribution is 5.80. The van der Waals surface area contributed by atoms with Crippen LogP contribution < -0.4 is 10.1 Å². The molecule has 3 aliphatic rings. The SMILES string of the molecule is CN=C(NCc1ccc(OCC2CC2)nc1)N1CCC2(CCC2)C1. The fourth-order valence-corrected chi connectivity index (χ4v) is 3.80. The summed E-state index contributed by atoms with van der Waals surface area (Å²) in [4.78, 5) is 11.3. The normalized spacial score (nSPS) is 22.5. The van der Waals surface area contributed by atoms with Crippen LogP contribution in [-0.4, -0.2) is 42.6 Å². The molecule has 5 nitrogen and oxygen atoms in total. The first kappa shape index (κ1) is 15.7. The Labute approximate surface area is 144 Å². The average molecular weight is 328 g/mol. The van der Waals surface area contributed by atoms with Gasteiger partial charge in [-0.25, -0.2) is 4.98 Å². The lowest BCUT2D eigenvalue weighted by atomic mass is 9.68. The summed E-state index contributed by atoms with van der Waals surface area (Å²) in [5, 5.41) is 3.49. The third-order valence-corrected chi connectivity index (χ3v) is 5.78. The number of guanidine groups is 1. The summed E-state index contributed by atoms with van der Waals surface area (Å²) in [5.41, 5.74) is 1.76. The van der Waals surface area contributed by atoms with Crippen molar-refractivity contribution in [2.24, 2.45) is 16.3 Å². The quantitative estimate of drug-likeness (QED) is 0.667. The van der Waals surface area contributed by atoms with E-state index in [2.05, 4.69) is 26.3 Å². The third-order valence-electron chi connectivity index (χ3n) is 5.78. The number of aromatic nitrogens is 1. The van der Waals surface area contributed by atoms with Crippen LogP contribution in [0.1, 0.15) is 44.1 Å². The molecule has 0 amide bonds. The summed E-state index contributed by atoms with van der Waals surface area (Å²) in [6.45, 7) is 3.87. The van der Waals surface area contributed by atoms with Gasteiger partial charge in [-0.05, 0) is 49.0 Å². The molecule has 130 valence electrons. The minimum atomic E-state index is 0.597. The number of nitrogens with zero attached hydrogens (tertiary/aromatic N) is 3. The lowest BCUT2D eigenvalue weighted by Gasteiger charge is -2.38. The average Bonchev–Trinajstić information content (AvgIpc) is 3.30. The lowest BCUT2D eigenvalue weighted by Crippen LogP contribution is -2.42. The van der Waals surface area contributed by atoms with Gasteiger partial charge in [0.05, 0.1) is 6.61 Å². The Hall–Kier alpha value is -1.78. The van der Waals surface area contributed by atoms with E-state index in [4.69, 9.17) is 4.74 Å². The second-order valence-electron chi connectivity index (χ2n) is 7.68. The van der Waals surface area contributed by atoms with Crippen molar-refractivity contribution >= 4 is 5.96 Å². The molecule has 24 heavy (non-hydrogen) atoms. The number of likely N-dealkylation sites (tertiary alicyclic amines) is 1. The van der Waals surface area contributed by atoms with Gasteiger partial charge in [0.25, 0.3) is 0 Å². The summed E-state index contributed by atoms with van der Waals surface area (Å²) in [7, 11) is 1.88. The largest absolute Gasteiger partial charge is 0.477 e. The fraction of sp³-hybridized carbons (Fsp3) is 0.684. The molecule has 1 aromatic rings. The van der Waals surface area contributed by atoms with Crippen molar-refractivity contribution in [1.82, 2.24) is 15.2 Å². The van der Waals surface area contributed by atoms with E-state index in [0.29, 0.717) is 5.41 Å². The van der Waals surface area contributed by atoms with Gasteiger partial charge >= 0.3 is 0 Å². The smallest absolute Gasteiger partial charge is 0.213 e. The Bertz CT molecular complexity index is 590. The van der Waals surface area contributed by atoms with E-state index in [-0.39, 0.29) is 0 Å². The minimum Gasteiger partial charge on any atom is -0.477 e. The van der Waals surface area contributed by atoms with Crippen LogP contribution in [0.4, 0.5) is 0 Å². The van der Waals surface area contributed by atoms with Crippen molar-refractivity contribution in [3.63, 3.8) is 0 Å². The summed E-state index contributed by atoms with van der Waals surface area (Å²) < 4.78 is 5.69. The molecular formula is C19H28N4O. The zero-order valence-electron chi connectivity index (χ0n) is 14.6. The van der Waals surface area contributed by atoms with Crippen molar-refractivity contribution < 1.29 is 4.74 Å². The first-order valence-corrected chi connectivity index (χ1v) is 9.30. The summed E-state index contributed by atoms with van der Waals surface area (Å²) in [5.74, 6) is 2.52. The maximum atomic E-state index is 5.69. The molecule has 1 aliphatic heterocycles. The fourth-order valence-electron chi connectivity index (χ4n) is 3.80. The van der Waals surface area contributed by atoms with E-state index in [9.17, 15) is 0 Å². The van der Waals surface area contributed by atoms with Gasteiger partial charge in [-0.2, -0.15) is 0 Å². The highest BCUT2D eigenvalue weighted by Gasteiger charge is 2.43. The maximum absolute atomic E-state index is 5.69. The molecule has 1 saturated heterocycles. The van der Waals surface area contributed by atoms with Crippen LogP contribution >= 0.6 is 0 Å². The third kappa shape index (κ3) is 3.50. The molecule has 2 heterocycles. The van der Waals surface area contributed by atoms with Crippen LogP contribution in [0.2, 0.25) is 0 Å². The monoisotopic (exact) mass is 328 g/mol. The summed E-state index contributed by atoms with van der Waals surface area (Å²) in [6, 6.07) is 4.06. The number of rotatable bonds is 5. The van der Waals surface area contributed by atoms with Crippen LogP contribution in [0.25, 0.3) is 0 Å². The van der Waals surface area contributed by atoms with E-state index in [1.165, 1.54) is 45.1 Å². The second kappa shape index (κ2) is 6.61. The van der Waals surface area contributed by atoms with Crippen LogP contribution in [0, 0.1) is 11.3 Å². The number of aliphatic imine (C=N–C) groups is 1. The zero-order chi connectivity index (χ0) is 16.4. The number of hydrogen-bond donors (Lipinski definition) is 1. The van der Waals surface area contributed by atoms with Gasteiger partial charge < -0.3 is 15.0 Å². The minimum absolute atomic E-state index is 0.597. The molecule has 1 aromatic heterocycles. The van der Waals surface area contributed by atoms with Crippen molar-refractivity contribution in [3.8, 4) is 5.88 Å². The van der Waals surface area contributed by atoms with Crippen molar-refractivity contribution in [1.29, 1.82) is 0 Å². The molecule has 5 heteroatoms. The topological polar surface area (TPSA) is 49.8 Å². The van der Waals surface area contributed by atoms with Gasteiger partial charge in [-0.1, -0.05) is 12.5 Å². The number of nitrogens with one attached hydrogen (secondary N) is 1. The van der Waals surface area contributed by atoms with Gasteiger partial charge in [-0.3, -0.25) is 4.99 Å². The molecule has 0 atom stereocenters. The Kier molecular flexibility index (Phi) is 4.33. The molecule has 0 bridgehead atoms. The predicted molar refractivity (Wildman–Crippen MR) is 95.1 cm³/mol. The molecule has 3 fully saturated rings. The van der Waals surface area contributed by atoms with E-state index >= 15 is 0 Å². The first-order chi connectivity index (χ1) is 11.8. The van der Waals surface area contributed by atoms with Gasteiger partial charge in [0.15, 0.2) is 5.96 Å². The van der Waals surface area contributed by atoms with Crippen LogP contribution in [-0.2, 0) is 6.54 Å². The van der Waals surface area contributed by atoms with E-state index in [1.807, 2.05) is 19.3 Å². The summed E-state index contributed by atoms with van der Waals surface area (Å²) in [6.07, 6.45) is 10.0. The molecule has 2 aliphatic carbocycles. The van der Waals surface area contributed by atoms with Gasteiger partial charge in [0, 0.05) is 38.9 Å². The van der Waals surface area contributed by atoms with Crippen LogP contribution in [0.5, 0.6) is 5.88 Å². The molecular weight excluding hydrogens is 300 g/mol. The Morgan fingerprint density at radius 3 is 2.83 bits per heavy atom. The van der Waals surface area contributed by atoms with E-state index < -0.39 is 0 Å². The number of ether oxygens (including phenoxy) is 1. The Morgan fingerprint density at radius 2 is 2.25 bits per heavy atom. The number of pyridine rings is 1. The molecule has 2 saturated carbocycles. The Balaban J connectivity index is 1.27. The van der Waals surface area contributed by atoms with Gasteiger partial charge in [0.2, 0.25) is 5.88 Å². The first-order valence-electron chi connectivity index (χ1n) is 9.30. The van der Waals surface area contributed by atoms with Gasteiger partial charge in [0.1, 0.15) is 0 Å². The predicted octanol–water partition coefficient (Wildman–Crippen LogP) is 2.82. The van der Waals surface area contributed by atoms with Crippen molar-refractivity contribution in [3.05, 3.63) is 23.9 Å². The van der Waals surface area contributed by atoms with Gasteiger partial charge in [-0.15, -0.1) is 0 Å². The summed E-state index contributed by atoms with van der Waals surface area (Å²) >= 11 is 0. The second-order valence-corrected chi connectivity index (χ2v) is 7.68. The molecule has 0 radical (unpaired) electrons. The highest BCUT2D eigenvalue weighted by atomic mass is 16.5.